The van der Waals surface area contributed by atoms with Crippen LogP contribution in [0.3, 0.4) is 0 Å². The summed E-state index contributed by atoms with van der Waals surface area (Å²) in [5.74, 6) is -1.37. The summed E-state index contributed by atoms with van der Waals surface area (Å²) < 4.78 is 29.4. The summed E-state index contributed by atoms with van der Waals surface area (Å²) in [4.78, 5) is 11.9. The normalized spacial score (nSPS) is 23.6. The maximum Gasteiger partial charge on any atom is 0.220 e. The van der Waals surface area contributed by atoms with E-state index in [4.69, 9.17) is 0 Å². The molecule has 2 aromatic rings. The first kappa shape index (κ1) is 19.1. The van der Waals surface area contributed by atoms with Crippen molar-refractivity contribution in [2.45, 2.75) is 69.6 Å². The monoisotopic (exact) mass is 388 g/mol. The Bertz CT molecular complexity index is 811. The second-order valence-electron chi connectivity index (χ2n) is 7.89. The second kappa shape index (κ2) is 8.39. The van der Waals surface area contributed by atoms with Crippen LogP contribution in [0.2, 0.25) is 0 Å². The highest BCUT2D eigenvalue weighted by atomic mass is 19.1. The van der Waals surface area contributed by atoms with Gasteiger partial charge in [-0.1, -0.05) is 19.3 Å². The largest absolute Gasteiger partial charge is 0.348 e. The molecule has 2 aliphatic rings. The molecule has 0 spiro atoms. The quantitative estimate of drug-likeness (QED) is 0.820. The van der Waals surface area contributed by atoms with Crippen molar-refractivity contribution in [2.24, 2.45) is 0 Å². The minimum atomic E-state index is -0.637. The predicted molar refractivity (Wildman–Crippen MR) is 101 cm³/mol. The summed E-state index contributed by atoms with van der Waals surface area (Å²) in [7, 11) is 0. The molecule has 1 aromatic heterocycles. The number of amides is 1. The van der Waals surface area contributed by atoms with Crippen LogP contribution >= 0.6 is 0 Å². The van der Waals surface area contributed by atoms with Crippen LogP contribution in [-0.4, -0.2) is 21.7 Å². The Kier molecular flexibility index (Phi) is 5.71. The topological polar surface area (TPSA) is 59.0 Å². The third-order valence-electron chi connectivity index (χ3n) is 5.82. The molecule has 1 aliphatic heterocycles. The highest BCUT2D eigenvalue weighted by Gasteiger charge is 2.30. The van der Waals surface area contributed by atoms with E-state index in [2.05, 4.69) is 26.6 Å². The lowest BCUT2D eigenvalue weighted by atomic mass is 9.91. The number of hydrogen-bond acceptors (Lipinski definition) is 3. The Morgan fingerprint density at radius 3 is 2.61 bits per heavy atom. The van der Waals surface area contributed by atoms with Crippen LogP contribution in [0.15, 0.2) is 30.6 Å². The van der Waals surface area contributed by atoms with E-state index in [1.165, 1.54) is 44.2 Å². The summed E-state index contributed by atoms with van der Waals surface area (Å²) in [5.41, 5.74) is 1.52. The van der Waals surface area contributed by atoms with Crippen molar-refractivity contribution in [3.8, 4) is 0 Å². The van der Waals surface area contributed by atoms with Crippen LogP contribution in [0, 0.1) is 11.6 Å². The van der Waals surface area contributed by atoms with Gasteiger partial charge in [-0.25, -0.2) is 8.78 Å². The summed E-state index contributed by atoms with van der Waals surface area (Å²) in [5, 5.41) is 10.8. The molecule has 5 nitrogen and oxygen atoms in total. The molecule has 2 atom stereocenters. The first-order valence-corrected chi connectivity index (χ1v) is 10.1. The van der Waals surface area contributed by atoms with Gasteiger partial charge in [-0.15, -0.1) is 0 Å². The van der Waals surface area contributed by atoms with Crippen molar-refractivity contribution in [3.05, 3.63) is 53.4 Å². The highest BCUT2D eigenvalue weighted by Crippen LogP contribution is 2.28. The first-order valence-electron chi connectivity index (χ1n) is 10.1. The lowest BCUT2D eigenvalue weighted by Gasteiger charge is -2.33. The van der Waals surface area contributed by atoms with E-state index in [1.54, 1.807) is 0 Å². The number of carbonyl (C=O) groups excluding carboxylic acids is 1. The number of piperidine rings is 1. The third-order valence-corrected chi connectivity index (χ3v) is 5.82. The molecule has 0 radical (unpaired) electrons. The second-order valence-corrected chi connectivity index (χ2v) is 7.89. The maximum atomic E-state index is 13.7. The molecule has 1 saturated heterocycles. The Morgan fingerprint density at radius 2 is 1.86 bits per heavy atom. The summed E-state index contributed by atoms with van der Waals surface area (Å²) >= 11 is 0. The van der Waals surface area contributed by atoms with E-state index in [0.29, 0.717) is 31.0 Å². The van der Waals surface area contributed by atoms with E-state index in [9.17, 15) is 13.6 Å². The number of nitrogens with one attached hydrogen (secondary N) is 2. The van der Waals surface area contributed by atoms with Crippen molar-refractivity contribution >= 4 is 5.91 Å². The Balaban J connectivity index is 1.43. The van der Waals surface area contributed by atoms with Gasteiger partial charge in [0.25, 0.3) is 0 Å². The fourth-order valence-corrected chi connectivity index (χ4v) is 4.35. The minimum absolute atomic E-state index is 0.0992. The standard InChI is InChI=1S/C21H26F2N4O/c22-16-8-15(9-17(23)10-16)21-19(6-7-20(28)26-21)24-11-14-12-25-27(13-14)18-4-2-1-3-5-18/h8-10,12-13,18-19,21,24H,1-7,11H2,(H,26,28)/t19-,21+/m1/s1. The van der Waals surface area contributed by atoms with Crippen LogP contribution in [0.25, 0.3) is 0 Å². The smallest absolute Gasteiger partial charge is 0.220 e. The molecule has 1 amide bonds. The lowest BCUT2D eigenvalue weighted by molar-refractivity contribution is -0.123. The number of aromatic nitrogens is 2. The van der Waals surface area contributed by atoms with Crippen molar-refractivity contribution in [3.63, 3.8) is 0 Å². The number of hydrogen-bond donors (Lipinski definition) is 2. The van der Waals surface area contributed by atoms with Crippen molar-refractivity contribution < 1.29 is 13.6 Å². The molecule has 150 valence electrons. The zero-order valence-corrected chi connectivity index (χ0v) is 15.8. The number of carbonyl (C=O) groups is 1. The fraction of sp³-hybridized carbons (Fsp3) is 0.524. The molecule has 7 heteroatoms. The van der Waals surface area contributed by atoms with E-state index >= 15 is 0 Å². The van der Waals surface area contributed by atoms with Crippen LogP contribution in [0.1, 0.15) is 68.2 Å². The van der Waals surface area contributed by atoms with E-state index in [-0.39, 0.29) is 11.9 Å². The summed E-state index contributed by atoms with van der Waals surface area (Å²) in [6, 6.07) is 3.34. The molecule has 4 rings (SSSR count). The van der Waals surface area contributed by atoms with Crippen molar-refractivity contribution in [1.29, 1.82) is 0 Å². The van der Waals surface area contributed by atoms with Crippen LogP contribution < -0.4 is 10.6 Å². The molecule has 1 aliphatic carbocycles. The van der Waals surface area contributed by atoms with Gasteiger partial charge >= 0.3 is 0 Å². The fourth-order valence-electron chi connectivity index (χ4n) is 4.35. The molecule has 1 saturated carbocycles. The molecular weight excluding hydrogens is 362 g/mol. The molecule has 0 bridgehead atoms. The van der Waals surface area contributed by atoms with Crippen LogP contribution in [0.5, 0.6) is 0 Å². The van der Waals surface area contributed by atoms with E-state index < -0.39 is 17.7 Å². The number of nitrogens with zero attached hydrogens (tertiary/aromatic N) is 2. The number of halogens is 2. The van der Waals surface area contributed by atoms with Crippen LogP contribution in [-0.2, 0) is 11.3 Å². The number of rotatable bonds is 5. The molecule has 0 unspecified atom stereocenters. The SMILES string of the molecule is O=C1CC[C@@H](NCc2cnn(C3CCCCC3)c2)[C@H](c2cc(F)cc(F)c2)N1. The predicted octanol–water partition coefficient (Wildman–Crippen LogP) is 3.78. The zero-order chi connectivity index (χ0) is 19.5. The van der Waals surface area contributed by atoms with Gasteiger partial charge in [0.2, 0.25) is 5.91 Å². The Hall–Kier alpha value is -2.28. The Labute approximate surface area is 163 Å². The maximum absolute atomic E-state index is 13.7. The van der Waals surface area contributed by atoms with Gasteiger partial charge in [0, 0.05) is 36.8 Å². The molecule has 2 fully saturated rings. The van der Waals surface area contributed by atoms with Crippen molar-refractivity contribution in [1.82, 2.24) is 20.4 Å². The summed E-state index contributed by atoms with van der Waals surface area (Å²) in [6.07, 6.45) is 11.1. The molecule has 2 N–H and O–H groups in total. The third kappa shape index (κ3) is 4.41. The molecule has 1 aromatic carbocycles. The van der Waals surface area contributed by atoms with E-state index in [1.807, 2.05) is 6.20 Å². The average molecular weight is 388 g/mol. The molecule has 2 heterocycles. The zero-order valence-electron chi connectivity index (χ0n) is 15.8. The summed E-state index contributed by atoms with van der Waals surface area (Å²) in [6.45, 7) is 0.599. The number of benzene rings is 1. The van der Waals surface area contributed by atoms with Gasteiger partial charge in [-0.3, -0.25) is 9.48 Å². The van der Waals surface area contributed by atoms with Gasteiger partial charge in [-0.05, 0) is 37.0 Å². The van der Waals surface area contributed by atoms with Gasteiger partial charge < -0.3 is 10.6 Å². The molecular formula is C21H26F2N4O. The Morgan fingerprint density at radius 1 is 1.11 bits per heavy atom. The first-order chi connectivity index (χ1) is 13.6. The van der Waals surface area contributed by atoms with Crippen LogP contribution in [0.4, 0.5) is 8.78 Å². The van der Waals surface area contributed by atoms with Gasteiger partial charge in [0.05, 0.1) is 18.3 Å². The van der Waals surface area contributed by atoms with Gasteiger partial charge in [0.1, 0.15) is 11.6 Å². The highest BCUT2D eigenvalue weighted by molar-refractivity contribution is 5.77. The van der Waals surface area contributed by atoms with Crippen molar-refractivity contribution in [2.75, 3.05) is 0 Å². The van der Waals surface area contributed by atoms with Gasteiger partial charge in [0.15, 0.2) is 0 Å². The average Bonchev–Trinajstić information content (AvgIpc) is 3.16. The van der Waals surface area contributed by atoms with Gasteiger partial charge in [-0.2, -0.15) is 5.10 Å². The minimum Gasteiger partial charge on any atom is -0.348 e. The molecule has 28 heavy (non-hydrogen) atoms. The lowest BCUT2D eigenvalue weighted by Crippen LogP contribution is -2.48. The van der Waals surface area contributed by atoms with E-state index in [0.717, 1.165) is 11.6 Å².